The van der Waals surface area contributed by atoms with E-state index < -0.39 is 0 Å². The Morgan fingerprint density at radius 3 is 2.27 bits per heavy atom. The molecule has 0 saturated heterocycles. The Labute approximate surface area is 70.8 Å². The minimum absolute atomic E-state index is 0.732. The van der Waals surface area contributed by atoms with Crippen LogP contribution in [0.3, 0.4) is 0 Å². The molecule has 1 fully saturated rings. The molecule has 0 aromatic heterocycles. The van der Waals surface area contributed by atoms with Crippen molar-refractivity contribution in [3.05, 3.63) is 0 Å². The van der Waals surface area contributed by atoms with Gasteiger partial charge in [-0.3, -0.25) is 0 Å². The van der Waals surface area contributed by atoms with E-state index in [-0.39, 0.29) is 0 Å². The first kappa shape index (κ1) is 9.05. The summed E-state index contributed by atoms with van der Waals surface area (Å²) >= 11 is 0. The quantitative estimate of drug-likeness (QED) is 0.602. The minimum Gasteiger partial charge on any atom is -0.309 e. The monoisotopic (exact) mass is 155 g/mol. The van der Waals surface area contributed by atoms with Crippen LogP contribution >= 0.6 is 0 Å². The van der Waals surface area contributed by atoms with Crippen LogP contribution in [0.2, 0.25) is 0 Å². The normalized spacial score (nSPS) is 23.7. The van der Waals surface area contributed by atoms with Gasteiger partial charge in [0.15, 0.2) is 0 Å². The van der Waals surface area contributed by atoms with Crippen molar-refractivity contribution >= 4 is 0 Å². The van der Waals surface area contributed by atoms with Crippen molar-refractivity contribution in [2.45, 2.75) is 33.1 Å². The molecule has 0 spiro atoms. The lowest BCUT2D eigenvalue weighted by molar-refractivity contribution is 0.292. The lowest BCUT2D eigenvalue weighted by Gasteiger charge is -2.19. The average molecular weight is 155 g/mol. The van der Waals surface area contributed by atoms with E-state index in [2.05, 4.69) is 32.8 Å². The van der Waals surface area contributed by atoms with Gasteiger partial charge in [0.25, 0.3) is 0 Å². The maximum absolute atomic E-state index is 2.42. The third-order valence-electron chi connectivity index (χ3n) is 2.62. The van der Waals surface area contributed by atoms with Gasteiger partial charge in [0, 0.05) is 6.54 Å². The van der Waals surface area contributed by atoms with Crippen molar-refractivity contribution in [3.63, 3.8) is 0 Å². The van der Waals surface area contributed by atoms with E-state index in [9.17, 15) is 0 Å². The Hall–Kier alpha value is -0.0400. The minimum atomic E-state index is 0.732. The fraction of sp³-hybridized carbons (Fsp3) is 1.00. The van der Waals surface area contributed by atoms with E-state index >= 15 is 0 Å². The van der Waals surface area contributed by atoms with Crippen molar-refractivity contribution in [2.75, 3.05) is 20.6 Å². The first-order valence-corrected chi connectivity index (χ1v) is 4.67. The molecule has 0 aromatic rings. The molecule has 1 aliphatic carbocycles. The Balaban J connectivity index is 2.15. The molecule has 0 N–H and O–H groups in total. The van der Waals surface area contributed by atoms with Crippen molar-refractivity contribution in [1.29, 1.82) is 0 Å². The van der Waals surface area contributed by atoms with Gasteiger partial charge in [0.1, 0.15) is 0 Å². The first-order chi connectivity index (χ1) is 5.02. The van der Waals surface area contributed by atoms with Gasteiger partial charge < -0.3 is 4.90 Å². The third-order valence-corrected chi connectivity index (χ3v) is 2.62. The highest BCUT2D eigenvalue weighted by molar-refractivity contribution is 4.89. The van der Waals surface area contributed by atoms with E-state index in [1.807, 2.05) is 0 Å². The lowest BCUT2D eigenvalue weighted by atomic mass is 9.95. The molecule has 0 amide bonds. The van der Waals surface area contributed by atoms with Gasteiger partial charge in [-0.1, -0.05) is 13.8 Å². The maximum Gasteiger partial charge on any atom is 0.000112 e. The van der Waals surface area contributed by atoms with Crippen molar-refractivity contribution in [3.8, 4) is 0 Å². The van der Waals surface area contributed by atoms with Crippen LogP contribution in [-0.4, -0.2) is 25.5 Å². The Morgan fingerprint density at radius 2 is 1.91 bits per heavy atom. The first-order valence-electron chi connectivity index (χ1n) is 4.67. The van der Waals surface area contributed by atoms with E-state index in [1.165, 1.54) is 25.8 Å². The second kappa shape index (κ2) is 3.14. The van der Waals surface area contributed by atoms with Crippen molar-refractivity contribution in [1.82, 2.24) is 4.90 Å². The smallest absolute Gasteiger partial charge is 0.000112 e. The summed E-state index contributed by atoms with van der Waals surface area (Å²) in [5.41, 5.74) is 0.732. The lowest BCUT2D eigenvalue weighted by Crippen LogP contribution is -2.21. The number of rotatable bonds is 4. The molecule has 1 nitrogen and oxygen atoms in total. The van der Waals surface area contributed by atoms with Crippen LogP contribution in [0.15, 0.2) is 0 Å². The number of hydrogen-bond donors (Lipinski definition) is 0. The van der Waals surface area contributed by atoms with Gasteiger partial charge in [0.2, 0.25) is 0 Å². The van der Waals surface area contributed by atoms with Gasteiger partial charge in [-0.2, -0.15) is 0 Å². The molecule has 0 aromatic carbocycles. The Kier molecular flexibility index (Phi) is 2.58. The zero-order chi connectivity index (χ0) is 8.48. The van der Waals surface area contributed by atoms with E-state index in [4.69, 9.17) is 0 Å². The Bertz CT molecular complexity index is 125. The summed E-state index contributed by atoms with van der Waals surface area (Å²) in [5, 5.41) is 0. The zero-order valence-electron chi connectivity index (χ0n) is 8.35. The summed E-state index contributed by atoms with van der Waals surface area (Å²) in [6, 6.07) is 0. The zero-order valence-corrected chi connectivity index (χ0v) is 8.35. The van der Waals surface area contributed by atoms with Crippen LogP contribution < -0.4 is 0 Å². The fourth-order valence-corrected chi connectivity index (χ4v) is 1.95. The summed E-state index contributed by atoms with van der Waals surface area (Å²) in [7, 11) is 4.32. The Morgan fingerprint density at radius 1 is 1.36 bits per heavy atom. The van der Waals surface area contributed by atoms with Gasteiger partial charge in [-0.25, -0.2) is 0 Å². The summed E-state index contributed by atoms with van der Waals surface area (Å²) in [6.45, 7) is 6.03. The van der Waals surface area contributed by atoms with E-state index in [1.54, 1.807) is 0 Å². The highest BCUT2D eigenvalue weighted by atomic mass is 15.1. The molecule has 1 unspecified atom stereocenters. The van der Waals surface area contributed by atoms with Gasteiger partial charge >= 0.3 is 0 Å². The molecular formula is C10H21N. The molecule has 1 aliphatic rings. The van der Waals surface area contributed by atoms with E-state index in [0.717, 1.165) is 11.3 Å². The number of nitrogens with zero attached hydrogens (tertiary/aromatic N) is 1. The molecule has 11 heavy (non-hydrogen) atoms. The molecule has 0 heterocycles. The van der Waals surface area contributed by atoms with Crippen LogP contribution in [0.25, 0.3) is 0 Å². The van der Waals surface area contributed by atoms with Gasteiger partial charge in [-0.15, -0.1) is 0 Å². The highest BCUT2D eigenvalue weighted by Crippen LogP contribution is 2.49. The predicted molar refractivity (Wildman–Crippen MR) is 49.7 cm³/mol. The molecule has 1 heteroatoms. The largest absolute Gasteiger partial charge is 0.309 e. The fourth-order valence-electron chi connectivity index (χ4n) is 1.95. The van der Waals surface area contributed by atoms with Crippen LogP contribution in [0, 0.1) is 11.3 Å². The maximum atomic E-state index is 2.42. The van der Waals surface area contributed by atoms with Crippen molar-refractivity contribution < 1.29 is 0 Å². The third kappa shape index (κ3) is 3.24. The second-order valence-electron chi connectivity index (χ2n) is 4.88. The molecule has 1 saturated carbocycles. The van der Waals surface area contributed by atoms with E-state index in [0.29, 0.717) is 0 Å². The number of hydrogen-bond acceptors (Lipinski definition) is 1. The van der Waals surface area contributed by atoms with Crippen molar-refractivity contribution in [2.24, 2.45) is 11.3 Å². The molecule has 66 valence electrons. The summed E-state index contributed by atoms with van der Waals surface area (Å²) in [6.07, 6.45) is 4.35. The van der Waals surface area contributed by atoms with Crippen LogP contribution in [0.5, 0.6) is 0 Å². The van der Waals surface area contributed by atoms with Gasteiger partial charge in [0.05, 0.1) is 0 Å². The SMILES string of the molecule is CC(CN(C)C)CC1(C)CC1. The van der Waals surface area contributed by atoms with Gasteiger partial charge in [-0.05, 0) is 44.7 Å². The summed E-state index contributed by atoms with van der Waals surface area (Å²) in [4.78, 5) is 2.29. The average Bonchev–Trinajstić information content (AvgIpc) is 2.44. The molecular weight excluding hydrogens is 134 g/mol. The molecule has 0 radical (unpaired) electrons. The molecule has 1 rings (SSSR count). The topological polar surface area (TPSA) is 3.24 Å². The summed E-state index contributed by atoms with van der Waals surface area (Å²) < 4.78 is 0. The highest BCUT2D eigenvalue weighted by Gasteiger charge is 2.37. The molecule has 0 aliphatic heterocycles. The predicted octanol–water partition coefficient (Wildman–Crippen LogP) is 2.37. The standard InChI is InChI=1S/C10H21N/c1-9(8-11(3)4)7-10(2)5-6-10/h9H,5-8H2,1-4H3. The second-order valence-corrected chi connectivity index (χ2v) is 4.88. The molecule has 0 bridgehead atoms. The van der Waals surface area contributed by atoms with Crippen LogP contribution in [0.1, 0.15) is 33.1 Å². The molecule has 1 atom stereocenters. The van der Waals surface area contributed by atoms with Crippen LogP contribution in [-0.2, 0) is 0 Å². The van der Waals surface area contributed by atoms with Crippen LogP contribution in [0.4, 0.5) is 0 Å². The summed E-state index contributed by atoms with van der Waals surface area (Å²) in [5.74, 6) is 0.873.